The van der Waals surface area contributed by atoms with Crippen molar-refractivity contribution in [1.82, 2.24) is 15.1 Å². The maximum Gasteiger partial charge on any atom is 0.276 e. The van der Waals surface area contributed by atoms with Crippen molar-refractivity contribution in [1.29, 1.82) is 0 Å². The first-order valence-electron chi connectivity index (χ1n) is 6.84. The third-order valence-corrected chi connectivity index (χ3v) is 3.12. The summed E-state index contributed by atoms with van der Waals surface area (Å²) in [6, 6.07) is 10.2. The minimum Gasteiger partial charge on any atom is -0.367 e. The van der Waals surface area contributed by atoms with E-state index in [9.17, 15) is 4.79 Å². The summed E-state index contributed by atoms with van der Waals surface area (Å²) in [4.78, 5) is 14.1. The second-order valence-electron chi connectivity index (χ2n) is 4.99. The fraction of sp³-hybridized carbons (Fsp3) is 0.267. The van der Waals surface area contributed by atoms with Crippen molar-refractivity contribution in [2.45, 2.75) is 0 Å². The van der Waals surface area contributed by atoms with Crippen molar-refractivity contribution in [3.8, 4) is 0 Å². The van der Waals surface area contributed by atoms with Crippen LogP contribution < -0.4 is 10.6 Å². The van der Waals surface area contributed by atoms with E-state index in [2.05, 4.69) is 25.7 Å². The van der Waals surface area contributed by atoms with Crippen molar-refractivity contribution in [3.05, 3.63) is 47.1 Å². The number of nitrogens with one attached hydrogen (secondary N) is 2. The minimum absolute atomic E-state index is 0.258. The number of benzene rings is 1. The number of carbonyl (C=O) groups is 1. The van der Waals surface area contributed by atoms with Gasteiger partial charge in [0.05, 0.1) is 0 Å². The average Bonchev–Trinajstić information content (AvgIpc) is 2.50. The highest BCUT2D eigenvalue weighted by atomic mass is 35.5. The molecule has 0 bridgehead atoms. The first-order chi connectivity index (χ1) is 10.5. The number of hydrogen-bond acceptors (Lipinski definition) is 5. The largest absolute Gasteiger partial charge is 0.367 e. The van der Waals surface area contributed by atoms with E-state index >= 15 is 0 Å². The van der Waals surface area contributed by atoms with E-state index in [1.807, 2.05) is 14.1 Å². The summed E-state index contributed by atoms with van der Waals surface area (Å²) in [5, 5.41) is 14.4. The van der Waals surface area contributed by atoms with Gasteiger partial charge in [-0.15, -0.1) is 10.2 Å². The molecule has 2 N–H and O–H groups in total. The van der Waals surface area contributed by atoms with Gasteiger partial charge in [-0.25, -0.2) is 0 Å². The Morgan fingerprint density at radius 2 is 1.86 bits per heavy atom. The van der Waals surface area contributed by atoms with Gasteiger partial charge in [0.15, 0.2) is 5.69 Å². The van der Waals surface area contributed by atoms with Gasteiger partial charge in [0.2, 0.25) is 0 Å². The quantitative estimate of drug-likeness (QED) is 0.855. The monoisotopic (exact) mass is 319 g/mol. The summed E-state index contributed by atoms with van der Waals surface area (Å²) in [6.45, 7) is 1.65. The predicted molar refractivity (Wildman–Crippen MR) is 88.5 cm³/mol. The zero-order chi connectivity index (χ0) is 15.9. The third kappa shape index (κ3) is 4.98. The lowest BCUT2D eigenvalue weighted by atomic mass is 10.3. The molecule has 0 fully saturated rings. The van der Waals surface area contributed by atoms with Crippen LogP contribution in [0.5, 0.6) is 0 Å². The molecule has 7 heteroatoms. The molecule has 0 atom stereocenters. The lowest BCUT2D eigenvalue weighted by Crippen LogP contribution is -2.21. The van der Waals surface area contributed by atoms with Crippen molar-refractivity contribution in [2.75, 3.05) is 37.8 Å². The van der Waals surface area contributed by atoms with E-state index in [4.69, 9.17) is 11.6 Å². The van der Waals surface area contributed by atoms with Gasteiger partial charge in [-0.3, -0.25) is 4.79 Å². The first-order valence-corrected chi connectivity index (χ1v) is 7.21. The van der Waals surface area contributed by atoms with E-state index in [0.717, 1.165) is 13.1 Å². The zero-order valence-electron chi connectivity index (χ0n) is 12.5. The molecule has 1 aromatic heterocycles. The molecule has 1 heterocycles. The molecule has 0 saturated carbocycles. The molecule has 6 nitrogen and oxygen atoms in total. The Labute approximate surface area is 134 Å². The number of anilines is 2. The maximum absolute atomic E-state index is 12.0. The summed E-state index contributed by atoms with van der Waals surface area (Å²) in [7, 11) is 4.00. The summed E-state index contributed by atoms with van der Waals surface area (Å²) >= 11 is 5.80. The van der Waals surface area contributed by atoms with Gasteiger partial charge in [0.25, 0.3) is 5.91 Å². The van der Waals surface area contributed by atoms with Crippen LogP contribution in [0, 0.1) is 0 Å². The Hall–Kier alpha value is -2.18. The Morgan fingerprint density at radius 3 is 2.45 bits per heavy atom. The standard InChI is InChI=1S/C15H18ClN5O/c1-21(2)10-9-17-14-8-7-13(19-20-14)15(22)18-12-5-3-11(16)4-6-12/h3-8H,9-10H2,1-2H3,(H,17,20)(H,18,22). The van der Waals surface area contributed by atoms with Crippen LogP contribution >= 0.6 is 11.6 Å². The van der Waals surface area contributed by atoms with Crippen LogP contribution in [0.2, 0.25) is 5.02 Å². The number of likely N-dealkylation sites (N-methyl/N-ethyl adjacent to an activating group) is 1. The van der Waals surface area contributed by atoms with Gasteiger partial charge < -0.3 is 15.5 Å². The number of amides is 1. The summed E-state index contributed by atoms with van der Waals surface area (Å²) in [5.74, 6) is 0.333. The van der Waals surface area contributed by atoms with Crippen LogP contribution in [-0.2, 0) is 0 Å². The molecule has 0 radical (unpaired) electrons. The number of aromatic nitrogens is 2. The van der Waals surface area contributed by atoms with E-state index in [1.54, 1.807) is 36.4 Å². The van der Waals surface area contributed by atoms with Crippen LogP contribution in [-0.4, -0.2) is 48.2 Å². The lowest BCUT2D eigenvalue weighted by Gasteiger charge is -2.10. The van der Waals surface area contributed by atoms with Crippen LogP contribution in [0.3, 0.4) is 0 Å². The van der Waals surface area contributed by atoms with E-state index in [1.165, 1.54) is 0 Å². The summed E-state index contributed by atoms with van der Waals surface area (Å²) in [6.07, 6.45) is 0. The third-order valence-electron chi connectivity index (χ3n) is 2.86. The van der Waals surface area contributed by atoms with Gasteiger partial charge in [-0.2, -0.15) is 0 Å². The van der Waals surface area contributed by atoms with Crippen LogP contribution in [0.15, 0.2) is 36.4 Å². The SMILES string of the molecule is CN(C)CCNc1ccc(C(=O)Nc2ccc(Cl)cc2)nn1. The topological polar surface area (TPSA) is 70.2 Å². The second kappa shape index (κ2) is 7.72. The fourth-order valence-corrected chi connectivity index (χ4v) is 1.81. The number of rotatable bonds is 6. The van der Waals surface area contributed by atoms with E-state index < -0.39 is 0 Å². The highest BCUT2D eigenvalue weighted by Gasteiger charge is 2.08. The maximum atomic E-state index is 12.0. The molecule has 0 saturated heterocycles. The van der Waals surface area contributed by atoms with Gasteiger partial charge in [0.1, 0.15) is 5.82 Å². The highest BCUT2D eigenvalue weighted by molar-refractivity contribution is 6.30. The van der Waals surface area contributed by atoms with E-state index in [0.29, 0.717) is 16.5 Å². The number of carbonyl (C=O) groups excluding carboxylic acids is 1. The molecule has 2 rings (SSSR count). The molecule has 2 aromatic rings. The van der Waals surface area contributed by atoms with Gasteiger partial charge in [-0.05, 0) is 50.5 Å². The van der Waals surface area contributed by atoms with Crippen LogP contribution in [0.1, 0.15) is 10.5 Å². The second-order valence-corrected chi connectivity index (χ2v) is 5.43. The smallest absolute Gasteiger partial charge is 0.276 e. The van der Waals surface area contributed by atoms with Crippen molar-refractivity contribution in [2.24, 2.45) is 0 Å². The average molecular weight is 320 g/mol. The molecule has 1 aromatic carbocycles. The van der Waals surface area contributed by atoms with Crippen LogP contribution in [0.25, 0.3) is 0 Å². The number of halogens is 1. The molecule has 22 heavy (non-hydrogen) atoms. The zero-order valence-corrected chi connectivity index (χ0v) is 13.3. The molecular weight excluding hydrogens is 302 g/mol. The lowest BCUT2D eigenvalue weighted by molar-refractivity contribution is 0.102. The Kier molecular flexibility index (Phi) is 5.68. The number of nitrogens with zero attached hydrogens (tertiary/aromatic N) is 3. The normalized spacial score (nSPS) is 10.5. The molecule has 116 valence electrons. The predicted octanol–water partition coefficient (Wildman–Crippen LogP) is 2.36. The Bertz CT molecular complexity index is 613. The van der Waals surface area contributed by atoms with Crippen molar-refractivity contribution in [3.63, 3.8) is 0 Å². The molecular formula is C15H18ClN5O. The van der Waals surface area contributed by atoms with E-state index in [-0.39, 0.29) is 11.6 Å². The molecule has 0 unspecified atom stereocenters. The van der Waals surface area contributed by atoms with Crippen molar-refractivity contribution < 1.29 is 4.79 Å². The fourth-order valence-electron chi connectivity index (χ4n) is 1.68. The Balaban J connectivity index is 1.91. The summed E-state index contributed by atoms with van der Waals surface area (Å²) < 4.78 is 0. The molecule has 0 aliphatic heterocycles. The van der Waals surface area contributed by atoms with Gasteiger partial charge in [-0.1, -0.05) is 11.6 Å². The highest BCUT2D eigenvalue weighted by Crippen LogP contribution is 2.14. The van der Waals surface area contributed by atoms with Crippen molar-refractivity contribution >= 4 is 29.0 Å². The van der Waals surface area contributed by atoms with Gasteiger partial charge >= 0.3 is 0 Å². The summed E-state index contributed by atoms with van der Waals surface area (Å²) in [5.41, 5.74) is 0.914. The molecule has 0 aliphatic rings. The molecule has 0 spiro atoms. The first kappa shape index (κ1) is 16.2. The van der Waals surface area contributed by atoms with Gasteiger partial charge in [0, 0.05) is 23.8 Å². The number of hydrogen-bond donors (Lipinski definition) is 2. The molecule has 0 aliphatic carbocycles. The molecule has 1 amide bonds. The minimum atomic E-state index is -0.310. The Morgan fingerprint density at radius 1 is 1.14 bits per heavy atom. The van der Waals surface area contributed by atoms with Crippen LogP contribution in [0.4, 0.5) is 11.5 Å².